The molecule has 106 valence electrons. The molecule has 0 aliphatic carbocycles. The van der Waals surface area contributed by atoms with Gasteiger partial charge in [0.2, 0.25) is 0 Å². The Morgan fingerprint density at radius 1 is 1.26 bits per heavy atom. The molecule has 0 fully saturated rings. The molecule has 2 heterocycles. The third kappa shape index (κ3) is 4.60. The van der Waals surface area contributed by atoms with Crippen molar-refractivity contribution in [2.75, 3.05) is 19.6 Å². The Morgan fingerprint density at radius 3 is 2.89 bits per heavy atom. The summed E-state index contributed by atoms with van der Waals surface area (Å²) in [6, 6.07) is 0. The van der Waals surface area contributed by atoms with Gasteiger partial charge in [-0.3, -0.25) is 4.40 Å². The number of hydrogen-bond donors (Lipinski definition) is 2. The highest BCUT2D eigenvalue weighted by Gasteiger charge is 2.07. The van der Waals surface area contributed by atoms with E-state index in [1.54, 1.807) is 11.3 Å². The predicted octanol–water partition coefficient (Wildman–Crippen LogP) is 2.31. The minimum absolute atomic E-state index is 0.226. The van der Waals surface area contributed by atoms with Crippen LogP contribution in [0.5, 0.6) is 0 Å². The lowest BCUT2D eigenvalue weighted by molar-refractivity contribution is 0.419. The second-order valence-corrected chi connectivity index (χ2v) is 6.67. The zero-order valence-electron chi connectivity index (χ0n) is 12.1. The number of hydrogen-bond acceptors (Lipinski definition) is 4. The van der Waals surface area contributed by atoms with Gasteiger partial charge in [0.05, 0.1) is 0 Å². The largest absolute Gasteiger partial charge is 0.316 e. The van der Waals surface area contributed by atoms with Crippen molar-refractivity contribution >= 4 is 16.3 Å². The van der Waals surface area contributed by atoms with Gasteiger partial charge in [0.25, 0.3) is 0 Å². The normalized spacial score (nSPS) is 12.4. The van der Waals surface area contributed by atoms with Crippen molar-refractivity contribution in [2.24, 2.45) is 0 Å². The lowest BCUT2D eigenvalue weighted by atomic mass is 10.1. The zero-order chi connectivity index (χ0) is 13.7. The molecular formula is C14H24N4S. The van der Waals surface area contributed by atoms with Crippen molar-refractivity contribution < 1.29 is 0 Å². The molecule has 0 aliphatic rings. The topological polar surface area (TPSA) is 41.4 Å². The number of thiazole rings is 1. The van der Waals surface area contributed by atoms with Crippen LogP contribution in [0.15, 0.2) is 17.8 Å². The van der Waals surface area contributed by atoms with Gasteiger partial charge >= 0.3 is 0 Å². The quantitative estimate of drug-likeness (QED) is 0.765. The maximum atomic E-state index is 4.28. The summed E-state index contributed by atoms with van der Waals surface area (Å²) in [7, 11) is 0. The van der Waals surface area contributed by atoms with E-state index < -0.39 is 0 Å². The van der Waals surface area contributed by atoms with Gasteiger partial charge in [-0.25, -0.2) is 4.98 Å². The number of nitrogens with one attached hydrogen (secondary N) is 2. The molecular weight excluding hydrogens is 256 g/mol. The highest BCUT2D eigenvalue weighted by molar-refractivity contribution is 7.15. The first-order chi connectivity index (χ1) is 9.06. The third-order valence-electron chi connectivity index (χ3n) is 2.96. The number of fused-ring (bicyclic) bond motifs is 1. The van der Waals surface area contributed by atoms with E-state index in [2.05, 4.69) is 46.2 Å². The molecule has 0 aromatic carbocycles. The second kappa shape index (κ2) is 6.50. The molecule has 2 aromatic rings. The van der Waals surface area contributed by atoms with Crippen LogP contribution in [0.1, 0.15) is 32.9 Å². The number of imidazole rings is 1. The van der Waals surface area contributed by atoms with Crippen LogP contribution < -0.4 is 10.6 Å². The van der Waals surface area contributed by atoms with E-state index in [0.29, 0.717) is 0 Å². The highest BCUT2D eigenvalue weighted by atomic mass is 32.1. The van der Waals surface area contributed by atoms with Crippen molar-refractivity contribution in [3.63, 3.8) is 0 Å². The Morgan fingerprint density at radius 2 is 2.11 bits per heavy atom. The van der Waals surface area contributed by atoms with Crippen LogP contribution in [-0.2, 0) is 6.42 Å². The zero-order valence-corrected chi connectivity index (χ0v) is 12.9. The first kappa shape index (κ1) is 14.5. The summed E-state index contributed by atoms with van der Waals surface area (Å²) in [6.45, 7) is 9.77. The van der Waals surface area contributed by atoms with Crippen LogP contribution in [-0.4, -0.2) is 34.6 Å². The maximum Gasteiger partial charge on any atom is 0.193 e. The summed E-state index contributed by atoms with van der Waals surface area (Å²) >= 11 is 1.71. The van der Waals surface area contributed by atoms with Gasteiger partial charge in [-0.1, -0.05) is 0 Å². The first-order valence-corrected chi connectivity index (χ1v) is 7.79. The van der Waals surface area contributed by atoms with Crippen molar-refractivity contribution in [3.05, 3.63) is 23.5 Å². The van der Waals surface area contributed by atoms with Crippen LogP contribution in [0.3, 0.4) is 0 Å². The van der Waals surface area contributed by atoms with Gasteiger partial charge in [-0.15, -0.1) is 11.3 Å². The van der Waals surface area contributed by atoms with Gasteiger partial charge < -0.3 is 10.6 Å². The van der Waals surface area contributed by atoms with Crippen LogP contribution in [0, 0.1) is 0 Å². The number of aromatic nitrogens is 2. The monoisotopic (exact) mass is 280 g/mol. The molecule has 4 nitrogen and oxygen atoms in total. The molecule has 2 N–H and O–H groups in total. The molecule has 19 heavy (non-hydrogen) atoms. The lowest BCUT2D eigenvalue weighted by Gasteiger charge is -2.20. The molecule has 0 saturated heterocycles. The van der Waals surface area contributed by atoms with E-state index in [0.717, 1.165) is 31.0 Å². The van der Waals surface area contributed by atoms with Crippen LogP contribution in [0.4, 0.5) is 0 Å². The average Bonchev–Trinajstić information content (AvgIpc) is 2.90. The first-order valence-electron chi connectivity index (χ1n) is 6.91. The molecule has 0 aliphatic heterocycles. The molecule has 0 radical (unpaired) electrons. The summed E-state index contributed by atoms with van der Waals surface area (Å²) in [5.74, 6) is 0. The van der Waals surface area contributed by atoms with Crippen molar-refractivity contribution in [2.45, 2.75) is 39.2 Å². The van der Waals surface area contributed by atoms with E-state index in [-0.39, 0.29) is 5.54 Å². The number of nitrogens with zero attached hydrogens (tertiary/aromatic N) is 2. The van der Waals surface area contributed by atoms with Crippen LogP contribution in [0.2, 0.25) is 0 Å². The molecule has 0 amide bonds. The van der Waals surface area contributed by atoms with E-state index in [4.69, 9.17) is 0 Å². The van der Waals surface area contributed by atoms with E-state index in [1.165, 1.54) is 12.1 Å². The molecule has 0 bridgehead atoms. The molecule has 0 unspecified atom stereocenters. The van der Waals surface area contributed by atoms with Crippen molar-refractivity contribution in [1.82, 2.24) is 20.0 Å². The Kier molecular flexibility index (Phi) is 4.96. The molecule has 0 saturated carbocycles. The van der Waals surface area contributed by atoms with E-state index in [9.17, 15) is 0 Å². The molecule has 0 atom stereocenters. The van der Waals surface area contributed by atoms with E-state index in [1.807, 2.05) is 12.4 Å². The summed E-state index contributed by atoms with van der Waals surface area (Å²) in [5.41, 5.74) is 1.57. The fourth-order valence-corrected chi connectivity index (χ4v) is 2.86. The van der Waals surface area contributed by atoms with Crippen molar-refractivity contribution in [3.8, 4) is 0 Å². The minimum atomic E-state index is 0.226. The van der Waals surface area contributed by atoms with Gasteiger partial charge in [0, 0.05) is 42.0 Å². The van der Waals surface area contributed by atoms with Crippen molar-refractivity contribution in [1.29, 1.82) is 0 Å². The highest BCUT2D eigenvalue weighted by Crippen LogP contribution is 2.14. The SMILES string of the molecule is CC(C)(C)NCCCNCCc1csc2nccn12. The van der Waals surface area contributed by atoms with Gasteiger partial charge in [-0.05, 0) is 40.3 Å². The second-order valence-electron chi connectivity index (χ2n) is 5.84. The fraction of sp³-hybridized carbons (Fsp3) is 0.643. The van der Waals surface area contributed by atoms with Gasteiger partial charge in [0.1, 0.15) is 0 Å². The maximum absolute atomic E-state index is 4.28. The summed E-state index contributed by atoms with van der Waals surface area (Å²) in [6.07, 6.45) is 6.12. The fourth-order valence-electron chi connectivity index (χ4n) is 1.97. The Hall–Kier alpha value is -0.910. The Balaban J connectivity index is 1.59. The minimum Gasteiger partial charge on any atom is -0.316 e. The summed E-state index contributed by atoms with van der Waals surface area (Å²) in [4.78, 5) is 5.37. The summed E-state index contributed by atoms with van der Waals surface area (Å²) in [5, 5.41) is 9.19. The number of rotatable bonds is 7. The molecule has 2 aromatic heterocycles. The Labute approximate surface area is 119 Å². The third-order valence-corrected chi connectivity index (χ3v) is 3.86. The Bertz CT molecular complexity index is 495. The lowest BCUT2D eigenvalue weighted by Crippen LogP contribution is -2.37. The van der Waals surface area contributed by atoms with E-state index >= 15 is 0 Å². The van der Waals surface area contributed by atoms with Gasteiger partial charge in [-0.2, -0.15) is 0 Å². The summed E-state index contributed by atoms with van der Waals surface area (Å²) < 4.78 is 2.17. The predicted molar refractivity (Wildman–Crippen MR) is 82.0 cm³/mol. The average molecular weight is 280 g/mol. The smallest absolute Gasteiger partial charge is 0.193 e. The molecule has 2 rings (SSSR count). The molecule has 5 heteroatoms. The standard InChI is InChI=1S/C14H24N4S/c1-14(2,3)17-7-4-6-15-8-5-12-11-19-13-16-9-10-18(12)13/h9-11,15,17H,4-8H2,1-3H3. The van der Waals surface area contributed by atoms with Gasteiger partial charge in [0.15, 0.2) is 4.96 Å². The molecule has 0 spiro atoms. The van der Waals surface area contributed by atoms with Crippen LogP contribution in [0.25, 0.3) is 4.96 Å². The van der Waals surface area contributed by atoms with Crippen LogP contribution >= 0.6 is 11.3 Å².